The first-order valence-corrected chi connectivity index (χ1v) is 12.5. The first-order chi connectivity index (χ1) is 16.2. The highest BCUT2D eigenvalue weighted by Crippen LogP contribution is 2.39. The third kappa shape index (κ3) is 4.74. The van der Waals surface area contributed by atoms with Crippen LogP contribution in [0, 0.1) is 12.7 Å². The molecule has 1 N–H and O–H groups in total. The van der Waals surface area contributed by atoms with Crippen molar-refractivity contribution in [3.05, 3.63) is 87.7 Å². The van der Waals surface area contributed by atoms with Crippen molar-refractivity contribution in [2.24, 2.45) is 0 Å². The van der Waals surface area contributed by atoms with E-state index in [4.69, 9.17) is 21.4 Å². The number of sulfonamides is 1. The van der Waals surface area contributed by atoms with Gasteiger partial charge in [-0.15, -0.1) is 0 Å². The summed E-state index contributed by atoms with van der Waals surface area (Å²) in [5.41, 5.74) is 2.94. The van der Waals surface area contributed by atoms with Crippen LogP contribution in [0.3, 0.4) is 0 Å². The highest BCUT2D eigenvalue weighted by molar-refractivity contribution is 7.93. The summed E-state index contributed by atoms with van der Waals surface area (Å²) in [5.74, 6) is -1.27. The van der Waals surface area contributed by atoms with Crippen LogP contribution in [0.2, 0.25) is 5.02 Å². The fraction of sp³-hybridized carbons (Fsp3) is 0.240. The monoisotopic (exact) mass is 503 g/mol. The molecule has 0 atom stereocenters. The van der Waals surface area contributed by atoms with E-state index < -0.39 is 21.8 Å². The lowest BCUT2D eigenvalue weighted by atomic mass is 10.1. The summed E-state index contributed by atoms with van der Waals surface area (Å²) in [5, 5.41) is 8.96. The normalized spacial score (nSPS) is 13.1. The van der Waals surface area contributed by atoms with Crippen molar-refractivity contribution in [1.29, 1.82) is 0 Å². The number of para-hydroxylation sites is 1. The number of carboxylic acids is 1. The zero-order valence-electron chi connectivity index (χ0n) is 18.4. The predicted octanol–water partition coefficient (Wildman–Crippen LogP) is 5.14. The minimum atomic E-state index is -3.91. The molecule has 9 heteroatoms. The summed E-state index contributed by atoms with van der Waals surface area (Å²) in [7, 11) is -3.91. The third-order valence-electron chi connectivity index (χ3n) is 5.78. The van der Waals surface area contributed by atoms with Gasteiger partial charge in [-0.3, -0.25) is 9.10 Å². The molecular weight excluding hydrogens is 481 g/mol. The summed E-state index contributed by atoms with van der Waals surface area (Å²) in [4.78, 5) is 10.8. The van der Waals surface area contributed by atoms with Crippen molar-refractivity contribution in [2.45, 2.75) is 37.7 Å². The summed E-state index contributed by atoms with van der Waals surface area (Å²) >= 11 is 6.27. The number of aliphatic carboxylic acids is 1. The van der Waals surface area contributed by atoms with Crippen LogP contribution in [-0.2, 0) is 34.3 Å². The number of aryl methyl sites for hydroxylation is 2. The zero-order chi connectivity index (χ0) is 24.5. The Bertz CT molecular complexity index is 1340. The van der Waals surface area contributed by atoms with E-state index in [0.29, 0.717) is 28.8 Å². The number of hydrogen-bond donors (Lipinski definition) is 1. The summed E-state index contributed by atoms with van der Waals surface area (Å²) in [6, 6.07) is 14.8. The number of fused-ring (bicyclic) bond motifs is 1. The molecule has 0 fully saturated rings. The molecule has 0 spiro atoms. The molecule has 6 nitrogen and oxygen atoms in total. The maximum atomic E-state index is 14.4. The van der Waals surface area contributed by atoms with Gasteiger partial charge in [0.2, 0.25) is 0 Å². The van der Waals surface area contributed by atoms with Gasteiger partial charge in [-0.25, -0.2) is 12.8 Å². The molecule has 3 aromatic rings. The van der Waals surface area contributed by atoms with Gasteiger partial charge in [-0.1, -0.05) is 48.0 Å². The molecule has 1 aliphatic rings. The number of hydrogen-bond acceptors (Lipinski definition) is 4. The van der Waals surface area contributed by atoms with Crippen molar-refractivity contribution in [3.63, 3.8) is 0 Å². The van der Waals surface area contributed by atoms with E-state index in [1.807, 2.05) is 12.1 Å². The van der Waals surface area contributed by atoms with Gasteiger partial charge < -0.3 is 9.84 Å². The van der Waals surface area contributed by atoms with E-state index >= 15 is 0 Å². The molecule has 0 radical (unpaired) electrons. The quantitative estimate of drug-likeness (QED) is 0.460. The van der Waals surface area contributed by atoms with Crippen LogP contribution in [0.15, 0.2) is 59.5 Å². The van der Waals surface area contributed by atoms with E-state index in [0.717, 1.165) is 5.56 Å². The molecule has 0 bridgehead atoms. The van der Waals surface area contributed by atoms with E-state index in [-0.39, 0.29) is 41.7 Å². The van der Waals surface area contributed by atoms with Gasteiger partial charge in [0.05, 0.1) is 10.7 Å². The topological polar surface area (TPSA) is 83.9 Å². The molecule has 0 saturated heterocycles. The van der Waals surface area contributed by atoms with Crippen molar-refractivity contribution in [1.82, 2.24) is 0 Å². The van der Waals surface area contributed by atoms with Crippen LogP contribution in [0.25, 0.3) is 0 Å². The lowest BCUT2D eigenvalue weighted by Crippen LogP contribution is -2.30. The van der Waals surface area contributed by atoms with Crippen LogP contribution in [0.1, 0.15) is 28.7 Å². The van der Waals surface area contributed by atoms with Crippen molar-refractivity contribution < 1.29 is 27.4 Å². The minimum absolute atomic E-state index is 0.0324. The fourth-order valence-corrected chi connectivity index (χ4v) is 6.46. The van der Waals surface area contributed by atoms with Crippen LogP contribution in [0.4, 0.5) is 10.1 Å². The second-order valence-corrected chi connectivity index (χ2v) is 10.3. The summed E-state index contributed by atoms with van der Waals surface area (Å²) < 4.78 is 48.6. The van der Waals surface area contributed by atoms with Gasteiger partial charge in [0, 0.05) is 24.6 Å². The number of ether oxygens (including phenoxy) is 1. The largest absolute Gasteiger partial charge is 0.489 e. The van der Waals surface area contributed by atoms with Gasteiger partial charge in [-0.05, 0) is 48.6 Å². The molecule has 34 heavy (non-hydrogen) atoms. The maximum Gasteiger partial charge on any atom is 0.303 e. The second kappa shape index (κ2) is 9.64. The molecule has 0 aromatic heterocycles. The smallest absolute Gasteiger partial charge is 0.303 e. The van der Waals surface area contributed by atoms with Crippen molar-refractivity contribution in [3.8, 4) is 5.75 Å². The molecule has 0 amide bonds. The van der Waals surface area contributed by atoms with E-state index in [1.165, 1.54) is 16.4 Å². The Balaban J connectivity index is 1.60. The summed E-state index contributed by atoms with van der Waals surface area (Å²) in [6.45, 7) is 2.02. The lowest BCUT2D eigenvalue weighted by Gasteiger charge is -2.24. The second-order valence-electron chi connectivity index (χ2n) is 8.07. The van der Waals surface area contributed by atoms with Crippen molar-refractivity contribution in [2.75, 3.05) is 10.8 Å². The molecule has 3 aromatic carbocycles. The Morgan fingerprint density at radius 3 is 2.62 bits per heavy atom. The van der Waals surface area contributed by atoms with Gasteiger partial charge >= 0.3 is 5.97 Å². The predicted molar refractivity (Wildman–Crippen MR) is 128 cm³/mol. The van der Waals surface area contributed by atoms with Crippen LogP contribution >= 0.6 is 11.6 Å². The molecular formula is C25H23ClFNO5S. The molecule has 0 unspecified atom stereocenters. The SMILES string of the molecule is Cc1cccc(Cl)c1S(=O)(=O)N1CCc2cccc(COc3ccc(CCC(=O)O)c(F)c3)c21. The zero-order valence-corrected chi connectivity index (χ0v) is 20.0. The van der Waals surface area contributed by atoms with Crippen LogP contribution in [0.5, 0.6) is 5.75 Å². The molecule has 0 aliphatic carbocycles. The number of halogens is 2. The fourth-order valence-electron chi connectivity index (χ4n) is 4.13. The van der Waals surface area contributed by atoms with Gasteiger partial charge in [0.25, 0.3) is 10.0 Å². The molecule has 1 aliphatic heterocycles. The standard InChI is InChI=1S/C25H23ClFNO5S/c1-16-4-2-7-21(26)25(16)34(31,32)28-13-12-18-5-3-6-19(24(18)28)15-33-20-10-8-17(22(27)14-20)9-11-23(29)30/h2-8,10,14H,9,11-13,15H2,1H3,(H,29,30). The molecule has 0 saturated carbocycles. The molecule has 4 rings (SSSR count). The number of carboxylic acid groups (broad SMARTS) is 1. The Morgan fingerprint density at radius 2 is 1.91 bits per heavy atom. The number of benzene rings is 3. The third-order valence-corrected chi connectivity index (χ3v) is 8.21. The van der Waals surface area contributed by atoms with E-state index in [9.17, 15) is 17.6 Å². The van der Waals surface area contributed by atoms with Gasteiger partial charge in [0.15, 0.2) is 0 Å². The van der Waals surface area contributed by atoms with Crippen LogP contribution < -0.4 is 9.04 Å². The average Bonchev–Trinajstić information content (AvgIpc) is 3.22. The highest BCUT2D eigenvalue weighted by atomic mass is 35.5. The lowest BCUT2D eigenvalue weighted by molar-refractivity contribution is -0.136. The number of rotatable bonds is 8. The number of anilines is 1. The number of nitrogens with zero attached hydrogens (tertiary/aromatic N) is 1. The Labute approximate surface area is 202 Å². The Hall–Kier alpha value is -3.10. The van der Waals surface area contributed by atoms with Crippen LogP contribution in [-0.4, -0.2) is 26.0 Å². The maximum absolute atomic E-state index is 14.4. The van der Waals surface area contributed by atoms with Gasteiger partial charge in [0.1, 0.15) is 23.1 Å². The Kier molecular flexibility index (Phi) is 6.81. The molecule has 1 heterocycles. The van der Waals surface area contributed by atoms with Crippen molar-refractivity contribution >= 4 is 33.3 Å². The van der Waals surface area contributed by atoms with E-state index in [1.54, 1.807) is 37.3 Å². The average molecular weight is 504 g/mol. The Morgan fingerprint density at radius 1 is 1.15 bits per heavy atom. The minimum Gasteiger partial charge on any atom is -0.489 e. The molecule has 178 valence electrons. The summed E-state index contributed by atoms with van der Waals surface area (Å²) in [6.07, 6.45) is 0.475. The highest BCUT2D eigenvalue weighted by Gasteiger charge is 2.35. The van der Waals surface area contributed by atoms with E-state index in [2.05, 4.69) is 0 Å². The first kappa shape index (κ1) is 24.0. The van der Waals surface area contributed by atoms with Gasteiger partial charge in [-0.2, -0.15) is 0 Å². The first-order valence-electron chi connectivity index (χ1n) is 10.7. The number of carbonyl (C=O) groups is 1.